The summed E-state index contributed by atoms with van der Waals surface area (Å²) in [5.41, 5.74) is 0.141. The molecule has 0 radical (unpaired) electrons. The summed E-state index contributed by atoms with van der Waals surface area (Å²) in [7, 11) is 0. The molecule has 2 N–H and O–H groups in total. The maximum absolute atomic E-state index is 9.46. The van der Waals surface area contributed by atoms with E-state index < -0.39 is 0 Å². The zero-order valence-electron chi connectivity index (χ0n) is 17.9. The van der Waals surface area contributed by atoms with E-state index in [9.17, 15) is 5.11 Å². The molecular formula is C21H43IN4O. The van der Waals surface area contributed by atoms with Gasteiger partial charge in [-0.2, -0.15) is 0 Å². The first-order valence-electron chi connectivity index (χ1n) is 11.0. The van der Waals surface area contributed by atoms with Gasteiger partial charge in [0.05, 0.1) is 0 Å². The SMILES string of the molecule is CCNC(=NCC(CC)(CC)CCO)N1CCC(CN2CCCCC2)C1.I. The van der Waals surface area contributed by atoms with Crippen LogP contribution in [0.5, 0.6) is 0 Å². The molecule has 0 spiro atoms. The van der Waals surface area contributed by atoms with Crippen LogP contribution in [0.3, 0.4) is 0 Å². The molecule has 2 heterocycles. The van der Waals surface area contributed by atoms with Gasteiger partial charge in [-0.1, -0.05) is 20.3 Å². The first kappa shape index (κ1) is 25.0. The Morgan fingerprint density at radius 1 is 1.11 bits per heavy atom. The highest BCUT2D eigenvalue weighted by Gasteiger charge is 2.29. The Morgan fingerprint density at radius 3 is 2.41 bits per heavy atom. The van der Waals surface area contributed by atoms with Gasteiger partial charge in [-0.05, 0) is 69.9 Å². The van der Waals surface area contributed by atoms with Gasteiger partial charge in [0.1, 0.15) is 0 Å². The van der Waals surface area contributed by atoms with Gasteiger partial charge in [-0.25, -0.2) is 0 Å². The number of halogens is 1. The number of hydrogen-bond acceptors (Lipinski definition) is 3. The van der Waals surface area contributed by atoms with Crippen LogP contribution in [0.15, 0.2) is 4.99 Å². The Hall–Kier alpha value is -0.0800. The Morgan fingerprint density at radius 2 is 1.81 bits per heavy atom. The predicted molar refractivity (Wildman–Crippen MR) is 126 cm³/mol. The third kappa shape index (κ3) is 7.69. The maximum Gasteiger partial charge on any atom is 0.193 e. The average Bonchev–Trinajstić information content (AvgIpc) is 3.13. The van der Waals surface area contributed by atoms with Gasteiger partial charge in [0.25, 0.3) is 0 Å². The van der Waals surface area contributed by atoms with Crippen LogP contribution in [0, 0.1) is 11.3 Å². The molecule has 27 heavy (non-hydrogen) atoms. The molecule has 2 fully saturated rings. The van der Waals surface area contributed by atoms with Gasteiger partial charge in [-0.15, -0.1) is 24.0 Å². The summed E-state index contributed by atoms with van der Waals surface area (Å²) in [6.07, 6.45) is 8.44. The minimum Gasteiger partial charge on any atom is -0.396 e. The minimum absolute atomic E-state index is 0. The Labute approximate surface area is 184 Å². The van der Waals surface area contributed by atoms with Crippen molar-refractivity contribution >= 4 is 29.9 Å². The van der Waals surface area contributed by atoms with E-state index in [1.54, 1.807) is 0 Å². The molecule has 1 atom stereocenters. The lowest BCUT2D eigenvalue weighted by Crippen LogP contribution is -2.42. The number of piperidine rings is 1. The number of guanidine groups is 1. The van der Waals surface area contributed by atoms with E-state index in [0.717, 1.165) is 57.3 Å². The van der Waals surface area contributed by atoms with E-state index in [1.807, 2.05) is 0 Å². The smallest absolute Gasteiger partial charge is 0.193 e. The lowest BCUT2D eigenvalue weighted by Gasteiger charge is -2.31. The monoisotopic (exact) mass is 494 g/mol. The molecule has 160 valence electrons. The molecule has 0 aliphatic carbocycles. The molecular weight excluding hydrogens is 451 g/mol. The Bertz CT molecular complexity index is 422. The fraction of sp³-hybridized carbons (Fsp3) is 0.952. The van der Waals surface area contributed by atoms with E-state index in [0.29, 0.717) is 0 Å². The Kier molecular flexibility index (Phi) is 12.2. The molecule has 2 saturated heterocycles. The molecule has 0 aromatic rings. The zero-order valence-corrected chi connectivity index (χ0v) is 20.2. The summed E-state index contributed by atoms with van der Waals surface area (Å²) >= 11 is 0. The van der Waals surface area contributed by atoms with Gasteiger partial charge in [0.2, 0.25) is 0 Å². The number of nitrogens with zero attached hydrogens (tertiary/aromatic N) is 3. The van der Waals surface area contributed by atoms with Crippen molar-refractivity contribution < 1.29 is 5.11 Å². The summed E-state index contributed by atoms with van der Waals surface area (Å²) in [6.45, 7) is 14.7. The number of nitrogens with one attached hydrogen (secondary N) is 1. The summed E-state index contributed by atoms with van der Waals surface area (Å²) in [5.74, 6) is 1.86. The number of aliphatic imine (C=N–C) groups is 1. The van der Waals surface area contributed by atoms with Crippen molar-refractivity contribution in [3.63, 3.8) is 0 Å². The van der Waals surface area contributed by atoms with Crippen LogP contribution in [-0.2, 0) is 0 Å². The van der Waals surface area contributed by atoms with E-state index in [4.69, 9.17) is 4.99 Å². The quantitative estimate of drug-likeness (QED) is 0.293. The predicted octanol–water partition coefficient (Wildman–Crippen LogP) is 3.57. The zero-order chi connectivity index (χ0) is 18.8. The topological polar surface area (TPSA) is 51.1 Å². The van der Waals surface area contributed by atoms with Crippen LogP contribution in [-0.4, -0.2) is 73.3 Å². The average molecular weight is 495 g/mol. The second-order valence-electron chi connectivity index (χ2n) is 8.31. The van der Waals surface area contributed by atoms with Crippen LogP contribution < -0.4 is 5.32 Å². The highest BCUT2D eigenvalue weighted by atomic mass is 127. The summed E-state index contributed by atoms with van der Waals surface area (Å²) in [5, 5.41) is 13.0. The third-order valence-electron chi connectivity index (χ3n) is 6.59. The number of rotatable bonds is 9. The fourth-order valence-electron chi connectivity index (χ4n) is 4.49. The highest BCUT2D eigenvalue weighted by molar-refractivity contribution is 14.0. The van der Waals surface area contributed by atoms with Crippen molar-refractivity contribution in [2.75, 3.05) is 52.4 Å². The van der Waals surface area contributed by atoms with Crippen molar-refractivity contribution in [1.82, 2.24) is 15.1 Å². The highest BCUT2D eigenvalue weighted by Crippen LogP contribution is 2.31. The van der Waals surface area contributed by atoms with E-state index >= 15 is 0 Å². The van der Waals surface area contributed by atoms with E-state index in [1.165, 1.54) is 45.3 Å². The van der Waals surface area contributed by atoms with E-state index in [2.05, 4.69) is 35.9 Å². The molecule has 2 aliphatic rings. The second-order valence-corrected chi connectivity index (χ2v) is 8.31. The standard InChI is InChI=1S/C21H42N4O.HI/c1-4-21(5-2,11-15-26)18-23-20(22-6-3)25-14-10-19(17-25)16-24-12-8-7-9-13-24;/h19,26H,4-18H2,1-3H3,(H,22,23);1H. The van der Waals surface area contributed by atoms with Gasteiger partial charge < -0.3 is 20.2 Å². The van der Waals surface area contributed by atoms with Gasteiger partial charge in [0.15, 0.2) is 5.96 Å². The lowest BCUT2D eigenvalue weighted by atomic mass is 9.79. The molecule has 0 saturated carbocycles. The van der Waals surface area contributed by atoms with Crippen LogP contribution in [0.4, 0.5) is 0 Å². The third-order valence-corrected chi connectivity index (χ3v) is 6.59. The summed E-state index contributed by atoms with van der Waals surface area (Å²) < 4.78 is 0. The van der Waals surface area contributed by atoms with E-state index in [-0.39, 0.29) is 36.0 Å². The van der Waals surface area contributed by atoms with Crippen LogP contribution in [0.2, 0.25) is 0 Å². The maximum atomic E-state index is 9.46. The molecule has 2 aliphatic heterocycles. The first-order valence-corrected chi connectivity index (χ1v) is 11.0. The first-order chi connectivity index (χ1) is 12.7. The van der Waals surface area contributed by atoms with Gasteiger partial charge >= 0.3 is 0 Å². The molecule has 5 nitrogen and oxygen atoms in total. The summed E-state index contributed by atoms with van der Waals surface area (Å²) in [4.78, 5) is 10.2. The Balaban J connectivity index is 0.00000364. The van der Waals surface area contributed by atoms with Crippen LogP contribution >= 0.6 is 24.0 Å². The largest absolute Gasteiger partial charge is 0.396 e. The summed E-state index contributed by atoms with van der Waals surface area (Å²) in [6, 6.07) is 0. The fourth-order valence-corrected chi connectivity index (χ4v) is 4.49. The van der Waals surface area contributed by atoms with Crippen molar-refractivity contribution in [2.45, 2.75) is 65.7 Å². The van der Waals surface area contributed by atoms with Crippen molar-refractivity contribution in [3.05, 3.63) is 0 Å². The van der Waals surface area contributed by atoms with Crippen LogP contribution in [0.1, 0.15) is 65.7 Å². The number of aliphatic hydroxyl groups excluding tert-OH is 1. The van der Waals surface area contributed by atoms with Gasteiger partial charge in [-0.3, -0.25) is 4.99 Å². The number of aliphatic hydroxyl groups is 1. The molecule has 2 rings (SSSR count). The van der Waals surface area contributed by atoms with Crippen molar-refractivity contribution in [3.8, 4) is 0 Å². The van der Waals surface area contributed by atoms with Gasteiger partial charge in [0, 0.05) is 39.3 Å². The molecule has 0 aromatic carbocycles. The van der Waals surface area contributed by atoms with Crippen molar-refractivity contribution in [2.24, 2.45) is 16.3 Å². The molecule has 6 heteroatoms. The second kappa shape index (κ2) is 13.2. The molecule has 1 unspecified atom stereocenters. The molecule has 0 amide bonds. The number of hydrogen-bond donors (Lipinski definition) is 2. The number of likely N-dealkylation sites (tertiary alicyclic amines) is 2. The lowest BCUT2D eigenvalue weighted by molar-refractivity contribution is 0.175. The van der Waals surface area contributed by atoms with Crippen molar-refractivity contribution in [1.29, 1.82) is 0 Å². The normalized spacial score (nSPS) is 22.0. The van der Waals surface area contributed by atoms with Crippen LogP contribution in [0.25, 0.3) is 0 Å². The molecule has 0 bridgehead atoms. The molecule has 0 aromatic heterocycles. The minimum atomic E-state index is 0.